The monoisotopic (exact) mass is 215 g/mol. The van der Waals surface area contributed by atoms with E-state index in [1.807, 2.05) is 36.7 Å². The van der Waals surface area contributed by atoms with E-state index in [0.717, 1.165) is 0 Å². The van der Waals surface area contributed by atoms with Gasteiger partial charge in [0.2, 0.25) is 0 Å². The number of pyridine rings is 1. The van der Waals surface area contributed by atoms with Gasteiger partial charge in [-0.1, -0.05) is 24.3 Å². The first-order valence-electron chi connectivity index (χ1n) is 4.98. The van der Waals surface area contributed by atoms with E-state index in [9.17, 15) is 0 Å². The Morgan fingerprint density at radius 2 is 2.20 bits per heavy atom. The lowest BCUT2D eigenvalue weighted by Crippen LogP contribution is -2.17. The van der Waals surface area contributed by atoms with E-state index in [2.05, 4.69) is 36.2 Å². The normalized spacial score (nSPS) is 14.5. The van der Waals surface area contributed by atoms with E-state index >= 15 is 0 Å². The minimum Gasteiger partial charge on any atom is -0.264 e. The Hall–Kier alpha value is -1.41. The van der Waals surface area contributed by atoms with Crippen LogP contribution >= 0.6 is 11.3 Å². The minimum absolute atomic E-state index is 1.24. The smallest absolute Gasteiger partial charge is 0.0386 e. The molecule has 0 amide bonds. The molecule has 76 valence electrons. The minimum atomic E-state index is 1.24. The highest BCUT2D eigenvalue weighted by Gasteiger charge is 1.98. The summed E-state index contributed by atoms with van der Waals surface area (Å²) in [6.07, 6.45) is 12.2. The van der Waals surface area contributed by atoms with Crippen molar-refractivity contribution in [3.8, 4) is 0 Å². The quantitative estimate of drug-likeness (QED) is 0.712. The van der Waals surface area contributed by atoms with Gasteiger partial charge in [-0.05, 0) is 19.9 Å². The summed E-state index contributed by atoms with van der Waals surface area (Å²) in [5.74, 6) is 0. The predicted octanol–water partition coefficient (Wildman–Crippen LogP) is 2.45. The number of hydrogen-bond donors (Lipinski definition) is 0. The van der Waals surface area contributed by atoms with Gasteiger partial charge in [-0.15, -0.1) is 11.3 Å². The van der Waals surface area contributed by atoms with Gasteiger partial charge in [0.05, 0.1) is 0 Å². The molecule has 15 heavy (non-hydrogen) atoms. The summed E-state index contributed by atoms with van der Waals surface area (Å²) in [6, 6.07) is 2.07. The summed E-state index contributed by atoms with van der Waals surface area (Å²) in [6.45, 7) is 4.10. The topological polar surface area (TPSA) is 12.9 Å². The number of aromatic nitrogens is 1. The van der Waals surface area contributed by atoms with Gasteiger partial charge in [-0.25, -0.2) is 0 Å². The van der Waals surface area contributed by atoms with Crippen LogP contribution < -0.4 is 9.75 Å². The van der Waals surface area contributed by atoms with Crippen molar-refractivity contribution in [2.45, 2.75) is 13.8 Å². The van der Waals surface area contributed by atoms with Crippen LogP contribution in [0.1, 0.15) is 13.8 Å². The molecule has 0 fully saturated rings. The second-order valence-corrected chi connectivity index (χ2v) is 4.32. The molecule has 0 aliphatic rings. The largest absolute Gasteiger partial charge is 0.264 e. The first-order chi connectivity index (χ1) is 7.36. The molecule has 0 saturated carbocycles. The van der Waals surface area contributed by atoms with E-state index in [1.165, 1.54) is 19.8 Å². The Bertz CT molecular complexity index is 605. The fourth-order valence-electron chi connectivity index (χ4n) is 1.56. The molecule has 0 atom stereocenters. The summed E-state index contributed by atoms with van der Waals surface area (Å²) >= 11 is 1.81. The summed E-state index contributed by atoms with van der Waals surface area (Å²) in [5, 5.41) is 2.53. The van der Waals surface area contributed by atoms with Crippen molar-refractivity contribution in [2.24, 2.45) is 0 Å². The Balaban J connectivity index is 2.91. The van der Waals surface area contributed by atoms with Crippen LogP contribution in [0.5, 0.6) is 0 Å². The van der Waals surface area contributed by atoms with Crippen LogP contribution in [0.3, 0.4) is 0 Å². The maximum Gasteiger partial charge on any atom is 0.0386 e. The van der Waals surface area contributed by atoms with Gasteiger partial charge in [0.25, 0.3) is 0 Å². The zero-order chi connectivity index (χ0) is 10.7. The van der Waals surface area contributed by atoms with Crippen LogP contribution in [0.15, 0.2) is 30.6 Å². The van der Waals surface area contributed by atoms with Gasteiger partial charge in [-0.2, -0.15) is 0 Å². The predicted molar refractivity (Wildman–Crippen MR) is 68.3 cm³/mol. The Labute approximate surface area is 93.1 Å². The molecule has 0 radical (unpaired) electrons. The zero-order valence-electron chi connectivity index (χ0n) is 8.90. The molecule has 0 spiro atoms. The molecule has 0 N–H and O–H groups in total. The lowest BCUT2D eigenvalue weighted by Gasteiger charge is -1.84. The zero-order valence-corrected chi connectivity index (χ0v) is 9.71. The van der Waals surface area contributed by atoms with Crippen molar-refractivity contribution < 1.29 is 0 Å². The van der Waals surface area contributed by atoms with Gasteiger partial charge >= 0.3 is 0 Å². The fourth-order valence-corrected chi connectivity index (χ4v) is 2.60. The average Bonchev–Trinajstić information content (AvgIpc) is 2.64. The molecule has 2 heteroatoms. The van der Waals surface area contributed by atoms with Gasteiger partial charge in [-0.3, -0.25) is 4.98 Å². The van der Waals surface area contributed by atoms with E-state index in [4.69, 9.17) is 0 Å². The third-order valence-corrected chi connectivity index (χ3v) is 3.53. The molecule has 0 aromatic carbocycles. The van der Waals surface area contributed by atoms with Crippen LogP contribution in [0.4, 0.5) is 0 Å². The molecule has 2 heterocycles. The summed E-state index contributed by atoms with van der Waals surface area (Å²) in [4.78, 5) is 4.18. The van der Waals surface area contributed by atoms with Crippen molar-refractivity contribution in [1.29, 1.82) is 0 Å². The highest BCUT2D eigenvalue weighted by Crippen LogP contribution is 2.10. The Kier molecular flexibility index (Phi) is 2.97. The summed E-state index contributed by atoms with van der Waals surface area (Å²) < 4.78 is 2.62. The van der Waals surface area contributed by atoms with Gasteiger partial charge in [0, 0.05) is 32.2 Å². The van der Waals surface area contributed by atoms with Crippen molar-refractivity contribution >= 4 is 33.6 Å². The van der Waals surface area contributed by atoms with Crippen molar-refractivity contribution in [2.75, 3.05) is 0 Å². The van der Waals surface area contributed by atoms with Gasteiger partial charge in [0.15, 0.2) is 0 Å². The molecular formula is C13H13NS. The SMILES string of the molecule is C\C=C/C=c1\c(=C/C)sc2ccncc12. The molecule has 0 aliphatic carbocycles. The lowest BCUT2D eigenvalue weighted by atomic mass is 10.2. The van der Waals surface area contributed by atoms with Gasteiger partial charge < -0.3 is 0 Å². The molecule has 0 saturated heterocycles. The molecule has 2 rings (SSSR count). The number of fused-ring (bicyclic) bond motifs is 1. The first kappa shape index (κ1) is 10.1. The molecule has 1 nitrogen and oxygen atoms in total. The number of hydrogen-bond acceptors (Lipinski definition) is 2. The molecule has 0 unspecified atom stereocenters. The number of rotatable bonds is 1. The second kappa shape index (κ2) is 4.41. The Morgan fingerprint density at radius 3 is 2.93 bits per heavy atom. The third kappa shape index (κ3) is 1.85. The fraction of sp³-hybridized carbons (Fsp3) is 0.154. The number of allylic oxidation sites excluding steroid dienone is 2. The standard InChI is InChI=1S/C13H13NS/c1-3-5-6-10-11-9-14-8-7-13(11)15-12(10)4-2/h3-9H,1-2H3/b5-3-,10-6-,12-4+. The van der Waals surface area contributed by atoms with E-state index < -0.39 is 0 Å². The number of nitrogens with zero attached hydrogens (tertiary/aromatic N) is 1. The van der Waals surface area contributed by atoms with Crippen LogP contribution in [0.2, 0.25) is 0 Å². The number of thiophene rings is 1. The lowest BCUT2D eigenvalue weighted by molar-refractivity contribution is 1.37. The van der Waals surface area contributed by atoms with Crippen LogP contribution in [0.25, 0.3) is 22.2 Å². The second-order valence-electron chi connectivity index (χ2n) is 3.23. The van der Waals surface area contributed by atoms with Crippen LogP contribution in [-0.4, -0.2) is 4.98 Å². The molecule has 0 bridgehead atoms. The van der Waals surface area contributed by atoms with Crippen molar-refractivity contribution in [3.63, 3.8) is 0 Å². The third-order valence-electron chi connectivity index (χ3n) is 2.27. The van der Waals surface area contributed by atoms with Crippen LogP contribution in [0, 0.1) is 0 Å². The highest BCUT2D eigenvalue weighted by atomic mass is 32.1. The van der Waals surface area contributed by atoms with Gasteiger partial charge in [0.1, 0.15) is 0 Å². The van der Waals surface area contributed by atoms with Crippen molar-refractivity contribution in [1.82, 2.24) is 4.98 Å². The van der Waals surface area contributed by atoms with E-state index in [1.54, 1.807) is 0 Å². The summed E-state index contributed by atoms with van der Waals surface area (Å²) in [5.41, 5.74) is 0. The molecule has 2 aromatic rings. The molecule has 0 aliphatic heterocycles. The van der Waals surface area contributed by atoms with Crippen LogP contribution in [-0.2, 0) is 0 Å². The molecule has 2 aromatic heterocycles. The van der Waals surface area contributed by atoms with E-state index in [-0.39, 0.29) is 0 Å². The maximum atomic E-state index is 4.18. The summed E-state index contributed by atoms with van der Waals surface area (Å²) in [7, 11) is 0. The first-order valence-corrected chi connectivity index (χ1v) is 5.80. The van der Waals surface area contributed by atoms with E-state index in [0.29, 0.717) is 0 Å². The maximum absolute atomic E-state index is 4.18. The van der Waals surface area contributed by atoms with Crippen molar-refractivity contribution in [3.05, 3.63) is 40.4 Å². The highest BCUT2D eigenvalue weighted by molar-refractivity contribution is 7.17. The average molecular weight is 215 g/mol. The Morgan fingerprint density at radius 1 is 1.33 bits per heavy atom. The molecular weight excluding hydrogens is 202 g/mol.